The van der Waals surface area contributed by atoms with E-state index in [9.17, 15) is 4.39 Å². The van der Waals surface area contributed by atoms with Gasteiger partial charge in [0.25, 0.3) is 0 Å². The predicted molar refractivity (Wildman–Crippen MR) is 127 cm³/mol. The summed E-state index contributed by atoms with van der Waals surface area (Å²) in [5, 5.41) is 7.64. The van der Waals surface area contributed by atoms with Gasteiger partial charge >= 0.3 is 0 Å². The summed E-state index contributed by atoms with van der Waals surface area (Å²) in [6.07, 6.45) is 2.73. The van der Waals surface area contributed by atoms with Gasteiger partial charge in [0.05, 0.1) is 19.8 Å². The molecule has 0 spiro atoms. The van der Waals surface area contributed by atoms with Gasteiger partial charge in [-0.15, -0.1) is 0 Å². The lowest BCUT2D eigenvalue weighted by molar-refractivity contribution is 0.0342. The number of ether oxygens (including phenoxy) is 1. The van der Waals surface area contributed by atoms with E-state index in [1.807, 2.05) is 6.20 Å². The van der Waals surface area contributed by atoms with Crippen LogP contribution < -0.4 is 10.6 Å². The summed E-state index contributed by atoms with van der Waals surface area (Å²) < 4.78 is 19.0. The van der Waals surface area contributed by atoms with Crippen LogP contribution in [0.2, 0.25) is 0 Å². The number of benzene rings is 2. The van der Waals surface area contributed by atoms with Crippen molar-refractivity contribution < 1.29 is 9.13 Å². The fourth-order valence-corrected chi connectivity index (χ4v) is 4.03. The monoisotopic (exact) mass is 437 g/mol. The standard InChI is InChI=1S/C25H32FN5O/c1-2-27-25(28-9-8-21-17-29-24-7-6-22(26)15-23(21)24)30-16-19-4-3-5-20(14-19)18-31-10-12-32-13-11-31/h3-7,14-15,17,29H,2,8-13,16,18H2,1H3,(H2,27,28,30). The number of nitrogens with one attached hydrogen (secondary N) is 3. The topological polar surface area (TPSA) is 64.7 Å². The summed E-state index contributed by atoms with van der Waals surface area (Å²) in [6, 6.07) is 13.5. The molecule has 0 aliphatic carbocycles. The minimum Gasteiger partial charge on any atom is -0.379 e. The van der Waals surface area contributed by atoms with Gasteiger partial charge in [0.15, 0.2) is 5.96 Å². The molecule has 1 aliphatic heterocycles. The predicted octanol–water partition coefficient (Wildman–Crippen LogP) is 3.44. The number of guanidine groups is 1. The zero-order valence-corrected chi connectivity index (χ0v) is 18.7. The fraction of sp³-hybridized carbons (Fsp3) is 0.400. The Morgan fingerprint density at radius 1 is 1.12 bits per heavy atom. The van der Waals surface area contributed by atoms with Crippen molar-refractivity contribution in [2.45, 2.75) is 26.4 Å². The summed E-state index contributed by atoms with van der Waals surface area (Å²) in [4.78, 5) is 10.4. The van der Waals surface area contributed by atoms with Gasteiger partial charge in [0, 0.05) is 49.8 Å². The highest BCUT2D eigenvalue weighted by atomic mass is 19.1. The maximum atomic E-state index is 13.6. The van der Waals surface area contributed by atoms with Gasteiger partial charge in [-0.25, -0.2) is 9.38 Å². The average molecular weight is 438 g/mol. The molecule has 0 bridgehead atoms. The Morgan fingerprint density at radius 3 is 2.81 bits per heavy atom. The molecular weight excluding hydrogens is 405 g/mol. The minimum atomic E-state index is -0.211. The molecule has 2 aromatic carbocycles. The molecule has 2 heterocycles. The number of morpholine rings is 1. The van der Waals surface area contributed by atoms with Crippen LogP contribution in [0.25, 0.3) is 10.9 Å². The number of halogens is 1. The van der Waals surface area contributed by atoms with Crippen molar-refractivity contribution in [3.63, 3.8) is 0 Å². The first-order valence-electron chi connectivity index (χ1n) is 11.4. The molecule has 7 heteroatoms. The number of hydrogen-bond acceptors (Lipinski definition) is 3. The van der Waals surface area contributed by atoms with Crippen molar-refractivity contribution >= 4 is 16.9 Å². The van der Waals surface area contributed by atoms with Crippen molar-refractivity contribution in [3.05, 3.63) is 71.2 Å². The number of hydrogen-bond donors (Lipinski definition) is 3. The first kappa shape index (κ1) is 22.3. The Bertz CT molecular complexity index is 1040. The van der Waals surface area contributed by atoms with E-state index < -0.39 is 0 Å². The van der Waals surface area contributed by atoms with E-state index in [0.29, 0.717) is 13.1 Å². The third-order valence-corrected chi connectivity index (χ3v) is 5.68. The van der Waals surface area contributed by atoms with Crippen LogP contribution in [-0.2, 0) is 24.2 Å². The third-order valence-electron chi connectivity index (χ3n) is 5.68. The fourth-order valence-electron chi connectivity index (χ4n) is 4.03. The summed E-state index contributed by atoms with van der Waals surface area (Å²) in [7, 11) is 0. The molecule has 3 N–H and O–H groups in total. The normalized spacial score (nSPS) is 15.2. The Labute approximate surface area is 188 Å². The van der Waals surface area contributed by atoms with Gasteiger partial charge < -0.3 is 20.4 Å². The molecule has 3 aromatic rings. The molecule has 170 valence electrons. The van der Waals surface area contributed by atoms with Crippen LogP contribution in [0.1, 0.15) is 23.6 Å². The van der Waals surface area contributed by atoms with Crippen molar-refractivity contribution in [1.82, 2.24) is 20.5 Å². The van der Waals surface area contributed by atoms with Crippen molar-refractivity contribution in [3.8, 4) is 0 Å². The van der Waals surface area contributed by atoms with Crippen molar-refractivity contribution in [1.29, 1.82) is 0 Å². The summed E-state index contributed by atoms with van der Waals surface area (Å²) in [5.74, 6) is 0.578. The lowest BCUT2D eigenvalue weighted by Gasteiger charge is -2.26. The Hall–Kier alpha value is -2.90. The second kappa shape index (κ2) is 11.1. The number of aromatic nitrogens is 1. The molecular formula is C25H32FN5O. The molecule has 32 heavy (non-hydrogen) atoms. The number of fused-ring (bicyclic) bond motifs is 1. The molecule has 0 saturated carbocycles. The van der Waals surface area contributed by atoms with Gasteiger partial charge in [0.2, 0.25) is 0 Å². The van der Waals surface area contributed by atoms with Crippen LogP contribution in [0, 0.1) is 5.82 Å². The van der Waals surface area contributed by atoms with Crippen molar-refractivity contribution in [2.24, 2.45) is 4.99 Å². The smallest absolute Gasteiger partial charge is 0.191 e. The average Bonchev–Trinajstić information content (AvgIpc) is 3.20. The Morgan fingerprint density at radius 2 is 1.97 bits per heavy atom. The van der Waals surface area contributed by atoms with E-state index in [0.717, 1.165) is 68.2 Å². The number of aromatic amines is 1. The van der Waals surface area contributed by atoms with Crippen LogP contribution in [0.3, 0.4) is 0 Å². The van der Waals surface area contributed by atoms with Crippen LogP contribution in [0.5, 0.6) is 0 Å². The highest BCUT2D eigenvalue weighted by molar-refractivity contribution is 5.83. The lowest BCUT2D eigenvalue weighted by atomic mass is 10.1. The largest absolute Gasteiger partial charge is 0.379 e. The maximum Gasteiger partial charge on any atom is 0.191 e. The molecule has 0 radical (unpaired) electrons. The molecule has 0 atom stereocenters. The number of aliphatic imine (C=N–C) groups is 1. The molecule has 1 saturated heterocycles. The zero-order chi connectivity index (χ0) is 22.2. The van der Waals surface area contributed by atoms with E-state index in [4.69, 9.17) is 9.73 Å². The minimum absolute atomic E-state index is 0.211. The van der Waals surface area contributed by atoms with Crippen LogP contribution in [-0.4, -0.2) is 55.2 Å². The molecule has 0 unspecified atom stereocenters. The summed E-state index contributed by atoms with van der Waals surface area (Å²) in [6.45, 7) is 8.73. The lowest BCUT2D eigenvalue weighted by Crippen LogP contribution is -2.38. The Kier molecular flexibility index (Phi) is 7.74. The van der Waals surface area contributed by atoms with Crippen LogP contribution in [0.15, 0.2) is 53.7 Å². The highest BCUT2D eigenvalue weighted by Gasteiger charge is 2.11. The van der Waals surface area contributed by atoms with Crippen LogP contribution >= 0.6 is 0 Å². The summed E-state index contributed by atoms with van der Waals surface area (Å²) in [5.41, 5.74) is 4.56. The number of nitrogens with zero attached hydrogens (tertiary/aromatic N) is 2. The van der Waals surface area contributed by atoms with Gasteiger partial charge in [-0.1, -0.05) is 24.3 Å². The van der Waals surface area contributed by atoms with E-state index >= 15 is 0 Å². The number of H-pyrrole nitrogens is 1. The number of rotatable bonds is 8. The maximum absolute atomic E-state index is 13.6. The Balaban J connectivity index is 1.33. The first-order valence-corrected chi connectivity index (χ1v) is 11.4. The van der Waals surface area contributed by atoms with E-state index in [1.54, 1.807) is 12.1 Å². The third kappa shape index (κ3) is 6.08. The molecule has 4 rings (SSSR count). The molecule has 6 nitrogen and oxygen atoms in total. The van der Waals surface area contributed by atoms with Gasteiger partial charge in [0.1, 0.15) is 5.82 Å². The zero-order valence-electron chi connectivity index (χ0n) is 18.7. The SMILES string of the molecule is CCNC(=NCc1cccc(CN2CCOCC2)c1)NCCc1c[nH]c2ccc(F)cc12. The van der Waals surface area contributed by atoms with Crippen molar-refractivity contribution in [2.75, 3.05) is 39.4 Å². The molecule has 1 aromatic heterocycles. The first-order chi connectivity index (χ1) is 15.7. The van der Waals surface area contributed by atoms with Crippen LogP contribution in [0.4, 0.5) is 4.39 Å². The van der Waals surface area contributed by atoms with Gasteiger partial charge in [-0.3, -0.25) is 4.90 Å². The quantitative estimate of drug-likeness (QED) is 0.373. The van der Waals surface area contributed by atoms with Gasteiger partial charge in [-0.05, 0) is 48.2 Å². The van der Waals surface area contributed by atoms with Gasteiger partial charge in [-0.2, -0.15) is 0 Å². The molecule has 0 amide bonds. The molecule has 1 aliphatic rings. The second-order valence-electron chi connectivity index (χ2n) is 8.08. The highest BCUT2D eigenvalue weighted by Crippen LogP contribution is 2.19. The van der Waals surface area contributed by atoms with E-state index in [-0.39, 0.29) is 5.82 Å². The second-order valence-corrected chi connectivity index (χ2v) is 8.08. The van der Waals surface area contributed by atoms with E-state index in [1.165, 1.54) is 17.2 Å². The molecule has 1 fully saturated rings. The summed E-state index contributed by atoms with van der Waals surface area (Å²) >= 11 is 0. The van der Waals surface area contributed by atoms with E-state index in [2.05, 4.69) is 51.7 Å².